The van der Waals surface area contributed by atoms with E-state index in [9.17, 15) is 15.2 Å². The number of nitro benzene ring substituents is 1. The maximum Gasteiger partial charge on any atom is 0.270 e. The average molecular weight is 277 g/mol. The van der Waals surface area contributed by atoms with Crippen molar-refractivity contribution in [2.75, 3.05) is 18.5 Å². The number of hydrogen-bond acceptors (Lipinski definition) is 6. The van der Waals surface area contributed by atoms with E-state index in [1.165, 1.54) is 12.1 Å². The maximum atomic E-state index is 10.8. The molecule has 2 rings (SSSR count). The molecule has 7 nitrogen and oxygen atoms in total. The van der Waals surface area contributed by atoms with E-state index in [0.29, 0.717) is 16.6 Å². The molecule has 1 aromatic carbocycles. The number of non-ortho nitro benzene ring substituents is 1. The van der Waals surface area contributed by atoms with E-state index in [1.807, 2.05) is 6.92 Å². The zero-order valence-corrected chi connectivity index (χ0v) is 10.9. The number of aryl methyl sites for hydroxylation is 1. The van der Waals surface area contributed by atoms with Gasteiger partial charge in [-0.15, -0.1) is 0 Å². The van der Waals surface area contributed by atoms with Crippen molar-refractivity contribution in [2.24, 2.45) is 0 Å². The zero-order chi connectivity index (χ0) is 14.7. The predicted molar refractivity (Wildman–Crippen MR) is 74.7 cm³/mol. The van der Waals surface area contributed by atoms with Crippen LogP contribution in [0.1, 0.15) is 5.69 Å². The third-order valence-corrected chi connectivity index (χ3v) is 2.87. The van der Waals surface area contributed by atoms with E-state index >= 15 is 0 Å². The molecule has 0 saturated heterocycles. The Morgan fingerprint density at radius 3 is 2.85 bits per heavy atom. The fourth-order valence-corrected chi connectivity index (χ4v) is 1.90. The Morgan fingerprint density at radius 1 is 1.45 bits per heavy atom. The molecule has 1 atom stereocenters. The van der Waals surface area contributed by atoms with Crippen molar-refractivity contribution in [3.63, 3.8) is 0 Å². The number of pyridine rings is 1. The van der Waals surface area contributed by atoms with E-state index < -0.39 is 11.0 Å². The van der Waals surface area contributed by atoms with Gasteiger partial charge in [-0.3, -0.25) is 15.1 Å². The van der Waals surface area contributed by atoms with Crippen LogP contribution in [-0.2, 0) is 0 Å². The first kappa shape index (κ1) is 14.2. The number of aromatic nitrogens is 1. The molecule has 3 N–H and O–H groups in total. The lowest BCUT2D eigenvalue weighted by Crippen LogP contribution is -2.23. The Labute approximate surface area is 115 Å². The van der Waals surface area contributed by atoms with Crippen LogP contribution in [0.5, 0.6) is 0 Å². The smallest absolute Gasteiger partial charge is 0.270 e. The van der Waals surface area contributed by atoms with E-state index in [0.717, 1.165) is 5.69 Å². The molecule has 20 heavy (non-hydrogen) atoms. The lowest BCUT2D eigenvalue weighted by Gasteiger charge is -2.13. The second-order valence-electron chi connectivity index (χ2n) is 4.49. The van der Waals surface area contributed by atoms with Gasteiger partial charge in [0.1, 0.15) is 0 Å². The molecular formula is C13H15N3O4. The van der Waals surface area contributed by atoms with Gasteiger partial charge in [0.2, 0.25) is 0 Å². The number of fused-ring (bicyclic) bond motifs is 1. The number of aliphatic hydroxyl groups excluding tert-OH is 2. The van der Waals surface area contributed by atoms with Crippen LogP contribution in [0.3, 0.4) is 0 Å². The van der Waals surface area contributed by atoms with Gasteiger partial charge >= 0.3 is 0 Å². The van der Waals surface area contributed by atoms with Crippen LogP contribution in [0.2, 0.25) is 0 Å². The Hall–Kier alpha value is -2.25. The minimum Gasteiger partial charge on any atom is -0.394 e. The van der Waals surface area contributed by atoms with Gasteiger partial charge in [-0.1, -0.05) is 0 Å². The summed E-state index contributed by atoms with van der Waals surface area (Å²) in [7, 11) is 0. The standard InChI is InChI=1S/C13H15N3O4/c1-8-4-13(14-6-10(18)7-17)11-5-9(16(19)20)2-3-12(11)15-8/h2-5,10,17-18H,6-7H2,1H3,(H,14,15). The maximum absolute atomic E-state index is 10.8. The van der Waals surface area contributed by atoms with Crippen LogP contribution >= 0.6 is 0 Å². The van der Waals surface area contributed by atoms with Crippen LogP contribution in [-0.4, -0.2) is 39.4 Å². The van der Waals surface area contributed by atoms with Gasteiger partial charge < -0.3 is 15.5 Å². The summed E-state index contributed by atoms with van der Waals surface area (Å²) >= 11 is 0. The summed E-state index contributed by atoms with van der Waals surface area (Å²) in [6.45, 7) is 1.61. The topological polar surface area (TPSA) is 109 Å². The molecule has 0 bridgehead atoms. The van der Waals surface area contributed by atoms with Crippen LogP contribution in [0.15, 0.2) is 24.3 Å². The molecule has 0 amide bonds. The fourth-order valence-electron chi connectivity index (χ4n) is 1.90. The van der Waals surface area contributed by atoms with Crippen molar-refractivity contribution in [3.8, 4) is 0 Å². The highest BCUT2D eigenvalue weighted by atomic mass is 16.6. The van der Waals surface area contributed by atoms with Crippen molar-refractivity contribution < 1.29 is 15.1 Å². The number of anilines is 1. The molecule has 1 aromatic heterocycles. The highest BCUT2D eigenvalue weighted by molar-refractivity contribution is 5.93. The molecule has 0 spiro atoms. The molecule has 0 saturated carbocycles. The molecule has 0 fully saturated rings. The minimum absolute atomic E-state index is 0.0195. The number of aliphatic hydroxyl groups is 2. The van der Waals surface area contributed by atoms with Gasteiger partial charge in [-0.05, 0) is 19.1 Å². The highest BCUT2D eigenvalue weighted by Gasteiger charge is 2.11. The van der Waals surface area contributed by atoms with Crippen LogP contribution in [0, 0.1) is 17.0 Å². The van der Waals surface area contributed by atoms with Gasteiger partial charge in [0, 0.05) is 35.4 Å². The first-order chi connectivity index (χ1) is 9.51. The second-order valence-corrected chi connectivity index (χ2v) is 4.49. The molecule has 106 valence electrons. The first-order valence-corrected chi connectivity index (χ1v) is 6.10. The summed E-state index contributed by atoms with van der Waals surface area (Å²) in [4.78, 5) is 14.7. The van der Waals surface area contributed by atoms with Gasteiger partial charge in [0.25, 0.3) is 5.69 Å². The van der Waals surface area contributed by atoms with E-state index in [1.54, 1.807) is 12.1 Å². The Bertz CT molecular complexity index is 645. The number of benzene rings is 1. The molecular weight excluding hydrogens is 262 g/mol. The zero-order valence-electron chi connectivity index (χ0n) is 10.9. The Kier molecular flexibility index (Phi) is 4.11. The number of hydrogen-bond donors (Lipinski definition) is 3. The van der Waals surface area contributed by atoms with Crippen molar-refractivity contribution >= 4 is 22.3 Å². The number of nitro groups is 1. The summed E-state index contributed by atoms with van der Waals surface area (Å²) in [5.74, 6) is 0. The largest absolute Gasteiger partial charge is 0.394 e. The molecule has 1 unspecified atom stereocenters. The third-order valence-electron chi connectivity index (χ3n) is 2.87. The quantitative estimate of drug-likeness (QED) is 0.560. The van der Waals surface area contributed by atoms with Gasteiger partial charge in [0.05, 0.1) is 23.2 Å². The molecule has 2 aromatic rings. The van der Waals surface area contributed by atoms with Gasteiger partial charge in [-0.25, -0.2) is 0 Å². The van der Waals surface area contributed by atoms with Gasteiger partial charge in [0.15, 0.2) is 0 Å². The molecule has 7 heteroatoms. The second kappa shape index (κ2) is 5.81. The molecule has 0 radical (unpaired) electrons. The van der Waals surface area contributed by atoms with Gasteiger partial charge in [-0.2, -0.15) is 0 Å². The van der Waals surface area contributed by atoms with Crippen molar-refractivity contribution in [2.45, 2.75) is 13.0 Å². The predicted octanol–water partition coefficient (Wildman–Crippen LogP) is 1.22. The summed E-state index contributed by atoms with van der Waals surface area (Å²) in [5.41, 5.74) is 2.02. The average Bonchev–Trinajstić information content (AvgIpc) is 2.43. The molecule has 0 aliphatic rings. The van der Waals surface area contributed by atoms with E-state index in [2.05, 4.69) is 10.3 Å². The van der Waals surface area contributed by atoms with Crippen molar-refractivity contribution in [1.82, 2.24) is 4.98 Å². The summed E-state index contributed by atoms with van der Waals surface area (Å²) in [6, 6.07) is 6.18. The number of nitrogens with one attached hydrogen (secondary N) is 1. The minimum atomic E-state index is -0.891. The fraction of sp³-hybridized carbons (Fsp3) is 0.308. The Morgan fingerprint density at radius 2 is 2.20 bits per heavy atom. The lowest BCUT2D eigenvalue weighted by atomic mass is 10.1. The first-order valence-electron chi connectivity index (χ1n) is 6.10. The Balaban J connectivity index is 2.44. The van der Waals surface area contributed by atoms with Crippen LogP contribution < -0.4 is 5.32 Å². The lowest BCUT2D eigenvalue weighted by molar-refractivity contribution is -0.384. The summed E-state index contributed by atoms with van der Waals surface area (Å²) < 4.78 is 0. The van der Waals surface area contributed by atoms with Crippen LogP contribution in [0.4, 0.5) is 11.4 Å². The third kappa shape index (κ3) is 3.01. The van der Waals surface area contributed by atoms with E-state index in [4.69, 9.17) is 5.11 Å². The summed E-state index contributed by atoms with van der Waals surface area (Å²) in [6.07, 6.45) is -0.891. The van der Waals surface area contributed by atoms with Crippen LogP contribution in [0.25, 0.3) is 10.9 Å². The monoisotopic (exact) mass is 277 g/mol. The molecule has 1 heterocycles. The van der Waals surface area contributed by atoms with Crippen molar-refractivity contribution in [3.05, 3.63) is 40.1 Å². The van der Waals surface area contributed by atoms with E-state index in [-0.39, 0.29) is 18.8 Å². The normalized spacial score (nSPS) is 12.3. The highest BCUT2D eigenvalue weighted by Crippen LogP contribution is 2.27. The molecule has 0 aliphatic heterocycles. The number of nitrogens with zero attached hydrogens (tertiary/aromatic N) is 2. The molecule has 0 aliphatic carbocycles. The van der Waals surface area contributed by atoms with Crippen molar-refractivity contribution in [1.29, 1.82) is 0 Å². The number of rotatable bonds is 5. The SMILES string of the molecule is Cc1cc(NCC(O)CO)c2cc([N+](=O)[O-])ccc2n1. The summed E-state index contributed by atoms with van der Waals surface area (Å²) in [5, 5.41) is 32.6.